The van der Waals surface area contributed by atoms with Gasteiger partial charge in [-0.2, -0.15) is 4.98 Å². The molecule has 0 saturated heterocycles. The molecule has 0 fully saturated rings. The second-order valence-electron chi connectivity index (χ2n) is 3.13. The Labute approximate surface area is 87.7 Å². The van der Waals surface area contributed by atoms with Crippen molar-refractivity contribution in [1.29, 1.82) is 0 Å². The molecular formula is C11H11N3O. The van der Waals surface area contributed by atoms with E-state index in [0.717, 1.165) is 11.3 Å². The molecule has 1 aromatic carbocycles. The lowest BCUT2D eigenvalue weighted by Crippen LogP contribution is -1.96. The second kappa shape index (κ2) is 3.96. The van der Waals surface area contributed by atoms with Crippen LogP contribution in [-0.2, 0) is 0 Å². The molecule has 0 aliphatic heterocycles. The van der Waals surface area contributed by atoms with Crippen LogP contribution in [0, 0.1) is 6.92 Å². The van der Waals surface area contributed by atoms with E-state index in [-0.39, 0.29) is 6.01 Å². The molecule has 2 aromatic rings. The van der Waals surface area contributed by atoms with Crippen LogP contribution in [0.25, 0.3) is 0 Å². The Morgan fingerprint density at radius 2 is 2.00 bits per heavy atom. The van der Waals surface area contributed by atoms with Crippen LogP contribution >= 0.6 is 0 Å². The highest BCUT2D eigenvalue weighted by Gasteiger charge is 2.02. The first-order chi connectivity index (χ1) is 7.25. The number of ether oxygens (including phenoxy) is 1. The summed E-state index contributed by atoms with van der Waals surface area (Å²) in [5.41, 5.74) is 6.55. The highest BCUT2D eigenvalue weighted by atomic mass is 16.5. The Bertz CT molecular complexity index is 471. The molecule has 1 heterocycles. The average Bonchev–Trinajstić information content (AvgIpc) is 2.22. The van der Waals surface area contributed by atoms with Gasteiger partial charge in [0.1, 0.15) is 11.6 Å². The van der Waals surface area contributed by atoms with Gasteiger partial charge in [0.05, 0.1) is 0 Å². The van der Waals surface area contributed by atoms with Crippen LogP contribution in [-0.4, -0.2) is 9.97 Å². The molecule has 4 nitrogen and oxygen atoms in total. The fraction of sp³-hybridized carbons (Fsp3) is 0.0909. The van der Waals surface area contributed by atoms with Crippen LogP contribution in [0.1, 0.15) is 5.56 Å². The molecule has 76 valence electrons. The molecule has 4 heteroatoms. The number of rotatable bonds is 2. The molecule has 2 N–H and O–H groups in total. The van der Waals surface area contributed by atoms with E-state index in [9.17, 15) is 0 Å². The first-order valence-electron chi connectivity index (χ1n) is 4.58. The molecule has 0 spiro atoms. The molecule has 0 aliphatic rings. The fourth-order valence-electron chi connectivity index (χ4n) is 1.17. The molecule has 0 radical (unpaired) electrons. The largest absolute Gasteiger partial charge is 0.424 e. The normalized spacial score (nSPS) is 9.93. The number of nitrogens with zero attached hydrogens (tertiary/aromatic N) is 2. The van der Waals surface area contributed by atoms with Gasteiger partial charge in [0.2, 0.25) is 0 Å². The number of hydrogen-bond acceptors (Lipinski definition) is 4. The number of hydrogen-bond donors (Lipinski definition) is 1. The van der Waals surface area contributed by atoms with Crippen molar-refractivity contribution in [2.75, 3.05) is 5.73 Å². The van der Waals surface area contributed by atoms with Gasteiger partial charge in [-0.15, -0.1) is 0 Å². The minimum absolute atomic E-state index is 0.268. The molecule has 0 bridgehead atoms. The maximum atomic E-state index is 5.52. The van der Waals surface area contributed by atoms with Crippen LogP contribution in [0.2, 0.25) is 0 Å². The summed E-state index contributed by atoms with van der Waals surface area (Å²) in [6, 6.07) is 9.55. The Morgan fingerprint density at radius 1 is 1.20 bits per heavy atom. The predicted octanol–water partition coefficient (Wildman–Crippen LogP) is 2.16. The van der Waals surface area contributed by atoms with E-state index in [2.05, 4.69) is 9.97 Å². The summed E-state index contributed by atoms with van der Waals surface area (Å²) < 4.78 is 5.49. The molecule has 0 amide bonds. The van der Waals surface area contributed by atoms with E-state index in [4.69, 9.17) is 10.5 Å². The summed E-state index contributed by atoms with van der Waals surface area (Å²) in [5.74, 6) is 1.14. The van der Waals surface area contributed by atoms with Crippen LogP contribution in [0.5, 0.6) is 11.8 Å². The zero-order chi connectivity index (χ0) is 10.7. The van der Waals surface area contributed by atoms with E-state index in [1.165, 1.54) is 0 Å². The van der Waals surface area contributed by atoms with Gasteiger partial charge < -0.3 is 10.5 Å². The number of para-hydroxylation sites is 1. The third-order valence-corrected chi connectivity index (χ3v) is 1.95. The molecule has 2 rings (SSSR count). The molecule has 15 heavy (non-hydrogen) atoms. The Kier molecular flexibility index (Phi) is 2.49. The van der Waals surface area contributed by atoms with Gasteiger partial charge >= 0.3 is 6.01 Å². The van der Waals surface area contributed by atoms with Crippen molar-refractivity contribution in [3.05, 3.63) is 42.1 Å². The topological polar surface area (TPSA) is 61.0 Å². The van der Waals surface area contributed by atoms with Gasteiger partial charge in [-0.3, -0.25) is 0 Å². The van der Waals surface area contributed by atoms with Crippen LogP contribution in [0.3, 0.4) is 0 Å². The first kappa shape index (κ1) is 9.45. The van der Waals surface area contributed by atoms with Gasteiger partial charge in [0.15, 0.2) is 0 Å². The van der Waals surface area contributed by atoms with Gasteiger partial charge in [-0.25, -0.2) is 4.98 Å². The lowest BCUT2D eigenvalue weighted by atomic mass is 10.2. The first-order valence-corrected chi connectivity index (χ1v) is 4.58. The Morgan fingerprint density at radius 3 is 2.73 bits per heavy atom. The number of aromatic nitrogens is 2. The van der Waals surface area contributed by atoms with Crippen LogP contribution in [0.4, 0.5) is 5.82 Å². The lowest BCUT2D eigenvalue weighted by molar-refractivity contribution is 0.439. The highest BCUT2D eigenvalue weighted by Crippen LogP contribution is 2.21. The molecule has 0 aliphatic carbocycles. The standard InChI is InChI=1S/C11H11N3O/c1-8-4-2-3-5-9(8)15-11-13-7-6-10(12)14-11/h2-7H,1H3,(H2,12,13,14). The third-order valence-electron chi connectivity index (χ3n) is 1.95. The van der Waals surface area contributed by atoms with Gasteiger partial charge in [0, 0.05) is 6.20 Å². The van der Waals surface area contributed by atoms with Crippen molar-refractivity contribution in [3.8, 4) is 11.8 Å². The third kappa shape index (κ3) is 2.22. The quantitative estimate of drug-likeness (QED) is 0.808. The smallest absolute Gasteiger partial charge is 0.323 e. The van der Waals surface area contributed by atoms with E-state index < -0.39 is 0 Å². The number of nitrogen functional groups attached to an aromatic ring is 1. The van der Waals surface area contributed by atoms with Crippen molar-refractivity contribution in [2.24, 2.45) is 0 Å². The van der Waals surface area contributed by atoms with Gasteiger partial charge in [-0.1, -0.05) is 18.2 Å². The van der Waals surface area contributed by atoms with Crippen LogP contribution in [0.15, 0.2) is 36.5 Å². The highest BCUT2D eigenvalue weighted by molar-refractivity contribution is 5.35. The van der Waals surface area contributed by atoms with Crippen molar-refractivity contribution < 1.29 is 4.74 Å². The summed E-state index contributed by atoms with van der Waals surface area (Å²) in [6.45, 7) is 1.96. The predicted molar refractivity (Wildman–Crippen MR) is 57.7 cm³/mol. The molecular weight excluding hydrogens is 190 g/mol. The molecule has 0 saturated carbocycles. The fourth-order valence-corrected chi connectivity index (χ4v) is 1.17. The lowest BCUT2D eigenvalue weighted by Gasteiger charge is -2.05. The Hall–Kier alpha value is -2.10. The maximum absolute atomic E-state index is 5.52. The van der Waals surface area contributed by atoms with Crippen molar-refractivity contribution in [3.63, 3.8) is 0 Å². The number of nitrogens with two attached hydrogens (primary N) is 1. The summed E-state index contributed by atoms with van der Waals surface area (Å²) >= 11 is 0. The zero-order valence-corrected chi connectivity index (χ0v) is 8.34. The number of anilines is 1. The maximum Gasteiger partial charge on any atom is 0.323 e. The Balaban J connectivity index is 2.26. The minimum Gasteiger partial charge on any atom is -0.424 e. The summed E-state index contributed by atoms with van der Waals surface area (Å²) in [6.07, 6.45) is 1.57. The van der Waals surface area contributed by atoms with E-state index in [1.54, 1.807) is 12.3 Å². The zero-order valence-electron chi connectivity index (χ0n) is 8.34. The van der Waals surface area contributed by atoms with Crippen molar-refractivity contribution >= 4 is 5.82 Å². The summed E-state index contributed by atoms with van der Waals surface area (Å²) in [5, 5.41) is 0. The number of aryl methyl sites for hydroxylation is 1. The monoisotopic (exact) mass is 201 g/mol. The summed E-state index contributed by atoms with van der Waals surface area (Å²) in [7, 11) is 0. The van der Waals surface area contributed by atoms with Crippen molar-refractivity contribution in [1.82, 2.24) is 9.97 Å². The molecule has 0 atom stereocenters. The average molecular weight is 201 g/mol. The van der Waals surface area contributed by atoms with Gasteiger partial charge in [0.25, 0.3) is 0 Å². The SMILES string of the molecule is Cc1ccccc1Oc1nccc(N)n1. The minimum atomic E-state index is 0.268. The van der Waals surface area contributed by atoms with E-state index in [1.807, 2.05) is 31.2 Å². The second-order valence-corrected chi connectivity index (χ2v) is 3.13. The summed E-state index contributed by atoms with van der Waals surface area (Å²) in [4.78, 5) is 7.92. The van der Waals surface area contributed by atoms with E-state index in [0.29, 0.717) is 5.82 Å². The number of benzene rings is 1. The van der Waals surface area contributed by atoms with Crippen molar-refractivity contribution in [2.45, 2.75) is 6.92 Å². The van der Waals surface area contributed by atoms with E-state index >= 15 is 0 Å². The van der Waals surface area contributed by atoms with Crippen LogP contribution < -0.4 is 10.5 Å². The molecule has 1 aromatic heterocycles. The molecule has 0 unspecified atom stereocenters. The van der Waals surface area contributed by atoms with Gasteiger partial charge in [-0.05, 0) is 24.6 Å².